The number of nitrogens with one attached hydrogen (secondary N) is 2. The zero-order valence-electron chi connectivity index (χ0n) is 13.0. The van der Waals surface area contributed by atoms with Crippen molar-refractivity contribution in [2.24, 2.45) is 0 Å². The van der Waals surface area contributed by atoms with Gasteiger partial charge < -0.3 is 10.2 Å². The Bertz CT molecular complexity index is 587. The summed E-state index contributed by atoms with van der Waals surface area (Å²) in [5.41, 5.74) is 1.83. The average molecular weight is 311 g/mol. The lowest BCUT2D eigenvalue weighted by Gasteiger charge is -2.20. The first-order chi connectivity index (χ1) is 9.95. The average Bonchev–Trinajstić information content (AvgIpc) is 2.84. The van der Waals surface area contributed by atoms with Crippen molar-refractivity contribution in [3.8, 4) is 0 Å². The molecule has 1 fully saturated rings. The molecule has 1 aromatic rings. The van der Waals surface area contributed by atoms with Crippen molar-refractivity contribution in [1.82, 2.24) is 14.9 Å². The highest BCUT2D eigenvalue weighted by atomic mass is 32.2. The van der Waals surface area contributed by atoms with E-state index in [0.717, 1.165) is 30.5 Å². The summed E-state index contributed by atoms with van der Waals surface area (Å²) in [6, 6.07) is 5.74. The van der Waals surface area contributed by atoms with Gasteiger partial charge in [-0.2, -0.15) is 0 Å². The molecule has 5 nitrogen and oxygen atoms in total. The van der Waals surface area contributed by atoms with Crippen LogP contribution in [0.2, 0.25) is 0 Å². The van der Waals surface area contributed by atoms with Gasteiger partial charge in [0, 0.05) is 19.1 Å². The number of likely N-dealkylation sites (tertiary alicyclic amines) is 1. The first-order valence-electron chi connectivity index (χ1n) is 7.38. The molecule has 0 aliphatic carbocycles. The van der Waals surface area contributed by atoms with Crippen LogP contribution in [0.4, 0.5) is 0 Å². The standard InChI is InChI=1S/C15H25N3O2S/c1-12-13(10-16-2)6-4-8-15(12)21(19,20)17-11-14-7-5-9-18(14)3/h4,6,8,14,16-17H,5,7,9-11H2,1-3H3. The molecule has 0 amide bonds. The summed E-state index contributed by atoms with van der Waals surface area (Å²) in [5.74, 6) is 0. The fourth-order valence-electron chi connectivity index (χ4n) is 2.85. The lowest BCUT2D eigenvalue weighted by atomic mass is 10.1. The zero-order valence-corrected chi connectivity index (χ0v) is 13.8. The fraction of sp³-hybridized carbons (Fsp3) is 0.600. The molecule has 1 aliphatic heterocycles. The SMILES string of the molecule is CNCc1cccc(S(=O)(=O)NCC2CCCN2C)c1C. The predicted molar refractivity (Wildman–Crippen MR) is 84.8 cm³/mol. The molecule has 118 valence electrons. The summed E-state index contributed by atoms with van der Waals surface area (Å²) in [6.07, 6.45) is 2.19. The van der Waals surface area contributed by atoms with Crippen LogP contribution in [0.3, 0.4) is 0 Å². The van der Waals surface area contributed by atoms with E-state index in [4.69, 9.17) is 0 Å². The van der Waals surface area contributed by atoms with Crippen molar-refractivity contribution >= 4 is 10.0 Å². The zero-order chi connectivity index (χ0) is 15.5. The molecule has 1 atom stereocenters. The summed E-state index contributed by atoms with van der Waals surface area (Å²) in [7, 11) is 0.455. The lowest BCUT2D eigenvalue weighted by molar-refractivity contribution is 0.311. The van der Waals surface area contributed by atoms with Crippen LogP contribution in [-0.2, 0) is 16.6 Å². The monoisotopic (exact) mass is 311 g/mol. The first kappa shape index (κ1) is 16.4. The van der Waals surface area contributed by atoms with E-state index in [1.54, 1.807) is 12.1 Å². The Hall–Kier alpha value is -0.950. The number of rotatable bonds is 6. The molecule has 2 rings (SSSR count). The Morgan fingerprint density at radius 1 is 1.38 bits per heavy atom. The van der Waals surface area contributed by atoms with Crippen LogP contribution in [0.25, 0.3) is 0 Å². The molecule has 1 aromatic carbocycles. The quantitative estimate of drug-likeness (QED) is 0.825. The minimum absolute atomic E-state index is 0.306. The largest absolute Gasteiger partial charge is 0.316 e. The first-order valence-corrected chi connectivity index (χ1v) is 8.87. The molecular formula is C15H25N3O2S. The van der Waals surface area contributed by atoms with Gasteiger partial charge in [0.15, 0.2) is 0 Å². The minimum Gasteiger partial charge on any atom is -0.316 e. The van der Waals surface area contributed by atoms with Crippen LogP contribution in [-0.4, -0.2) is 46.5 Å². The molecule has 1 unspecified atom stereocenters. The Kier molecular flexibility index (Phi) is 5.37. The molecule has 1 heterocycles. The summed E-state index contributed by atoms with van der Waals surface area (Å²) in [4.78, 5) is 2.60. The summed E-state index contributed by atoms with van der Waals surface area (Å²) < 4.78 is 27.8. The van der Waals surface area contributed by atoms with Crippen LogP contribution in [0.15, 0.2) is 23.1 Å². The Morgan fingerprint density at radius 2 is 2.14 bits per heavy atom. The van der Waals surface area contributed by atoms with E-state index in [-0.39, 0.29) is 0 Å². The van der Waals surface area contributed by atoms with Crippen LogP contribution in [0.5, 0.6) is 0 Å². The van der Waals surface area contributed by atoms with E-state index >= 15 is 0 Å². The number of nitrogens with zero attached hydrogens (tertiary/aromatic N) is 1. The Morgan fingerprint density at radius 3 is 2.76 bits per heavy atom. The lowest BCUT2D eigenvalue weighted by Crippen LogP contribution is -2.38. The van der Waals surface area contributed by atoms with Crippen molar-refractivity contribution < 1.29 is 8.42 Å². The highest BCUT2D eigenvalue weighted by Gasteiger charge is 2.24. The van der Waals surface area contributed by atoms with E-state index in [0.29, 0.717) is 24.0 Å². The highest BCUT2D eigenvalue weighted by Crippen LogP contribution is 2.20. The normalized spacial score (nSPS) is 20.0. The third kappa shape index (κ3) is 3.83. The molecule has 0 radical (unpaired) electrons. The van der Waals surface area contributed by atoms with Crippen molar-refractivity contribution in [2.75, 3.05) is 27.2 Å². The van der Waals surface area contributed by atoms with Crippen LogP contribution < -0.4 is 10.0 Å². The third-order valence-electron chi connectivity index (χ3n) is 4.23. The summed E-state index contributed by atoms with van der Waals surface area (Å²) >= 11 is 0. The molecule has 1 saturated heterocycles. The smallest absolute Gasteiger partial charge is 0.240 e. The predicted octanol–water partition coefficient (Wildman–Crippen LogP) is 1.09. The van der Waals surface area contributed by atoms with Gasteiger partial charge in [0.25, 0.3) is 0 Å². The highest BCUT2D eigenvalue weighted by molar-refractivity contribution is 7.89. The second kappa shape index (κ2) is 6.87. The van der Waals surface area contributed by atoms with Gasteiger partial charge in [0.05, 0.1) is 4.90 Å². The van der Waals surface area contributed by atoms with Crippen molar-refractivity contribution in [3.63, 3.8) is 0 Å². The number of hydrogen-bond acceptors (Lipinski definition) is 4. The Balaban J connectivity index is 2.14. The fourth-order valence-corrected chi connectivity index (χ4v) is 4.21. The van der Waals surface area contributed by atoms with Gasteiger partial charge in [-0.25, -0.2) is 13.1 Å². The second-order valence-corrected chi connectivity index (χ2v) is 7.43. The Labute approximate surface area is 127 Å². The molecule has 2 N–H and O–H groups in total. The third-order valence-corrected chi connectivity index (χ3v) is 5.80. The maximum Gasteiger partial charge on any atom is 0.240 e. The van der Waals surface area contributed by atoms with Gasteiger partial charge in [-0.05, 0) is 57.6 Å². The topological polar surface area (TPSA) is 61.4 Å². The second-order valence-electron chi connectivity index (χ2n) is 5.70. The summed E-state index contributed by atoms with van der Waals surface area (Å²) in [5, 5.41) is 3.06. The van der Waals surface area contributed by atoms with Crippen LogP contribution in [0, 0.1) is 6.92 Å². The number of sulfonamides is 1. The summed E-state index contributed by atoms with van der Waals surface area (Å²) in [6.45, 7) is 4.06. The van der Waals surface area contributed by atoms with Gasteiger partial charge in [-0.3, -0.25) is 0 Å². The molecule has 21 heavy (non-hydrogen) atoms. The van der Waals surface area contributed by atoms with E-state index in [2.05, 4.69) is 14.9 Å². The van der Waals surface area contributed by atoms with Crippen LogP contribution >= 0.6 is 0 Å². The van der Waals surface area contributed by atoms with E-state index in [1.807, 2.05) is 27.1 Å². The molecular weight excluding hydrogens is 286 g/mol. The maximum atomic E-state index is 12.5. The molecule has 0 aromatic heterocycles. The molecule has 0 spiro atoms. The minimum atomic E-state index is -3.45. The van der Waals surface area contributed by atoms with Gasteiger partial charge >= 0.3 is 0 Å². The van der Waals surface area contributed by atoms with Crippen molar-refractivity contribution in [2.45, 2.75) is 37.2 Å². The van der Waals surface area contributed by atoms with Crippen molar-refractivity contribution in [1.29, 1.82) is 0 Å². The van der Waals surface area contributed by atoms with Gasteiger partial charge in [-0.15, -0.1) is 0 Å². The number of likely N-dealkylation sites (N-methyl/N-ethyl adjacent to an activating group) is 1. The van der Waals surface area contributed by atoms with Gasteiger partial charge in [-0.1, -0.05) is 12.1 Å². The van der Waals surface area contributed by atoms with Crippen molar-refractivity contribution in [3.05, 3.63) is 29.3 Å². The molecule has 0 saturated carbocycles. The van der Waals surface area contributed by atoms with E-state index in [1.165, 1.54) is 0 Å². The van der Waals surface area contributed by atoms with E-state index in [9.17, 15) is 8.42 Å². The molecule has 1 aliphatic rings. The molecule has 6 heteroatoms. The number of hydrogen-bond donors (Lipinski definition) is 2. The van der Waals surface area contributed by atoms with Gasteiger partial charge in [0.2, 0.25) is 10.0 Å². The maximum absolute atomic E-state index is 12.5. The van der Waals surface area contributed by atoms with Gasteiger partial charge in [0.1, 0.15) is 0 Å². The molecule has 0 bridgehead atoms. The number of benzene rings is 1. The van der Waals surface area contributed by atoms with E-state index < -0.39 is 10.0 Å². The van der Waals surface area contributed by atoms with Crippen LogP contribution in [0.1, 0.15) is 24.0 Å².